The van der Waals surface area contributed by atoms with Crippen LogP contribution in [0.15, 0.2) is 72.8 Å². The van der Waals surface area contributed by atoms with Crippen molar-refractivity contribution >= 4 is 5.97 Å². The summed E-state index contributed by atoms with van der Waals surface area (Å²) in [6, 6.07) is 18.9. The van der Waals surface area contributed by atoms with Crippen molar-refractivity contribution in [3.05, 3.63) is 89.7 Å². The lowest BCUT2D eigenvalue weighted by atomic mass is 10.1. The number of aromatic nitrogens is 3. The maximum atomic E-state index is 13.0. The Morgan fingerprint density at radius 3 is 2.24 bits per heavy atom. The number of alkyl halides is 3. The van der Waals surface area contributed by atoms with Gasteiger partial charge in [0.25, 0.3) is 0 Å². The van der Waals surface area contributed by atoms with E-state index in [4.69, 9.17) is 9.47 Å². The molecule has 1 heterocycles. The van der Waals surface area contributed by atoms with E-state index in [1.54, 1.807) is 36.7 Å². The SMILES string of the molecule is Cc1cc(OC(C)c2nc(-c3ccc(C(F)(F)F)cc3)nn2-c2ccccc2)ccc1OC(C)(C)C(=O)O. The molecule has 10 heteroatoms. The molecule has 1 aromatic heterocycles. The second-order valence-corrected chi connectivity index (χ2v) is 9.22. The third-order valence-electron chi connectivity index (χ3n) is 5.81. The molecule has 7 nitrogen and oxygen atoms in total. The van der Waals surface area contributed by atoms with E-state index in [0.29, 0.717) is 34.1 Å². The first kappa shape index (κ1) is 26.7. The molecule has 0 bridgehead atoms. The largest absolute Gasteiger partial charge is 0.483 e. The van der Waals surface area contributed by atoms with Gasteiger partial charge in [0.05, 0.1) is 11.3 Å². The fourth-order valence-corrected chi connectivity index (χ4v) is 3.66. The van der Waals surface area contributed by atoms with E-state index in [9.17, 15) is 23.1 Å². The topological polar surface area (TPSA) is 86.5 Å². The Kier molecular flexibility index (Phi) is 7.17. The number of aryl methyl sites for hydroxylation is 1. The van der Waals surface area contributed by atoms with Crippen molar-refractivity contribution in [3.8, 4) is 28.6 Å². The van der Waals surface area contributed by atoms with Gasteiger partial charge in [-0.2, -0.15) is 13.2 Å². The standard InChI is InChI=1S/C28H26F3N3O4/c1-17-16-22(14-15-23(17)38-27(3,4)26(35)36)37-18(2)25-32-24(33-34(25)21-8-6-5-7-9-21)19-10-12-20(13-11-19)28(29,30)31/h5-16,18H,1-4H3,(H,35,36). The van der Waals surface area contributed by atoms with E-state index in [-0.39, 0.29) is 5.82 Å². The Morgan fingerprint density at radius 2 is 1.66 bits per heavy atom. The van der Waals surface area contributed by atoms with E-state index < -0.39 is 29.4 Å². The zero-order chi connectivity index (χ0) is 27.7. The van der Waals surface area contributed by atoms with E-state index in [2.05, 4.69) is 10.1 Å². The fraction of sp³-hybridized carbons (Fsp3) is 0.250. The van der Waals surface area contributed by atoms with Crippen LogP contribution in [0.1, 0.15) is 43.8 Å². The number of rotatable bonds is 8. The first-order valence-corrected chi connectivity index (χ1v) is 11.7. The van der Waals surface area contributed by atoms with Gasteiger partial charge >= 0.3 is 12.1 Å². The summed E-state index contributed by atoms with van der Waals surface area (Å²) in [6.07, 6.45) is -5.04. The highest BCUT2D eigenvalue weighted by atomic mass is 19.4. The summed E-state index contributed by atoms with van der Waals surface area (Å²) in [4.78, 5) is 16.0. The smallest absolute Gasteiger partial charge is 0.416 e. The number of hydrogen-bond donors (Lipinski definition) is 1. The van der Waals surface area contributed by atoms with Gasteiger partial charge in [0.1, 0.15) is 11.5 Å². The highest BCUT2D eigenvalue weighted by molar-refractivity contribution is 5.76. The van der Waals surface area contributed by atoms with E-state index in [1.807, 2.05) is 30.3 Å². The monoisotopic (exact) mass is 525 g/mol. The molecule has 4 aromatic rings. The van der Waals surface area contributed by atoms with Crippen molar-refractivity contribution in [2.45, 2.75) is 45.6 Å². The second kappa shape index (κ2) is 10.2. The third-order valence-corrected chi connectivity index (χ3v) is 5.81. The molecular formula is C28H26F3N3O4. The van der Waals surface area contributed by atoms with Crippen molar-refractivity contribution < 1.29 is 32.5 Å². The maximum Gasteiger partial charge on any atom is 0.416 e. The summed E-state index contributed by atoms with van der Waals surface area (Å²) in [5, 5.41) is 13.9. The highest BCUT2D eigenvalue weighted by Crippen LogP contribution is 2.32. The normalized spacial score (nSPS) is 12.7. The number of carboxylic acids is 1. The van der Waals surface area contributed by atoms with Crippen LogP contribution < -0.4 is 9.47 Å². The number of hydrogen-bond acceptors (Lipinski definition) is 5. The number of aliphatic carboxylic acids is 1. The van der Waals surface area contributed by atoms with Crippen LogP contribution in [0.4, 0.5) is 13.2 Å². The Morgan fingerprint density at radius 1 is 1.00 bits per heavy atom. The van der Waals surface area contributed by atoms with E-state index in [1.165, 1.54) is 26.0 Å². The van der Waals surface area contributed by atoms with Gasteiger partial charge in [-0.15, -0.1) is 5.10 Å². The number of carbonyl (C=O) groups is 1. The lowest BCUT2D eigenvalue weighted by Crippen LogP contribution is -2.38. The molecule has 0 fully saturated rings. The highest BCUT2D eigenvalue weighted by Gasteiger charge is 2.31. The Balaban J connectivity index is 1.64. The van der Waals surface area contributed by atoms with Crippen LogP contribution in [0.2, 0.25) is 0 Å². The molecule has 0 aliphatic rings. The lowest BCUT2D eigenvalue weighted by Gasteiger charge is -2.23. The van der Waals surface area contributed by atoms with Crippen molar-refractivity contribution in [3.63, 3.8) is 0 Å². The van der Waals surface area contributed by atoms with Crippen LogP contribution in [-0.2, 0) is 11.0 Å². The second-order valence-electron chi connectivity index (χ2n) is 9.22. The minimum atomic E-state index is -4.44. The summed E-state index contributed by atoms with van der Waals surface area (Å²) < 4.78 is 52.4. The number of ether oxygens (including phenoxy) is 2. The first-order valence-electron chi connectivity index (χ1n) is 11.7. The van der Waals surface area contributed by atoms with Crippen LogP contribution in [0, 0.1) is 6.92 Å². The first-order chi connectivity index (χ1) is 17.8. The van der Waals surface area contributed by atoms with Crippen LogP contribution in [0.5, 0.6) is 11.5 Å². The van der Waals surface area contributed by atoms with E-state index in [0.717, 1.165) is 12.1 Å². The quantitative estimate of drug-likeness (QED) is 0.277. The predicted molar refractivity (Wildman–Crippen MR) is 134 cm³/mol. The van der Waals surface area contributed by atoms with Gasteiger partial charge in [-0.1, -0.05) is 30.3 Å². The van der Waals surface area contributed by atoms with E-state index >= 15 is 0 Å². The maximum absolute atomic E-state index is 13.0. The zero-order valence-corrected chi connectivity index (χ0v) is 21.2. The molecule has 0 aliphatic carbocycles. The molecule has 1 N–H and O–H groups in total. The molecule has 38 heavy (non-hydrogen) atoms. The molecular weight excluding hydrogens is 499 g/mol. The molecule has 0 aliphatic heterocycles. The average Bonchev–Trinajstić information content (AvgIpc) is 3.31. The average molecular weight is 526 g/mol. The molecule has 1 atom stereocenters. The van der Waals surface area contributed by atoms with Gasteiger partial charge in [0.2, 0.25) is 0 Å². The van der Waals surface area contributed by atoms with Gasteiger partial charge in [0.15, 0.2) is 23.4 Å². The molecule has 0 radical (unpaired) electrons. The number of benzene rings is 3. The summed E-state index contributed by atoms with van der Waals surface area (Å²) in [5.74, 6) is 0.513. The number of halogens is 3. The minimum Gasteiger partial charge on any atom is -0.483 e. The number of nitrogens with zero attached hydrogens (tertiary/aromatic N) is 3. The van der Waals surface area contributed by atoms with Gasteiger partial charge in [0, 0.05) is 5.56 Å². The van der Waals surface area contributed by atoms with Crippen LogP contribution in [-0.4, -0.2) is 31.4 Å². The van der Waals surface area contributed by atoms with Crippen molar-refractivity contribution in [2.75, 3.05) is 0 Å². The third kappa shape index (κ3) is 5.80. The van der Waals surface area contributed by atoms with Crippen molar-refractivity contribution in [1.82, 2.24) is 14.8 Å². The van der Waals surface area contributed by atoms with Crippen LogP contribution in [0.25, 0.3) is 17.1 Å². The van der Waals surface area contributed by atoms with Gasteiger partial charge in [-0.25, -0.2) is 14.5 Å². The minimum absolute atomic E-state index is 0.254. The van der Waals surface area contributed by atoms with Gasteiger partial charge < -0.3 is 14.6 Å². The molecule has 198 valence electrons. The molecule has 0 saturated carbocycles. The number of carboxylic acid groups (broad SMARTS) is 1. The fourth-order valence-electron chi connectivity index (χ4n) is 3.66. The summed E-state index contributed by atoms with van der Waals surface area (Å²) in [5.41, 5.74) is -0.338. The molecule has 4 rings (SSSR count). The van der Waals surface area contributed by atoms with Crippen LogP contribution >= 0.6 is 0 Å². The van der Waals surface area contributed by atoms with Gasteiger partial charge in [-0.05, 0) is 75.7 Å². The number of para-hydroxylation sites is 1. The van der Waals surface area contributed by atoms with Crippen LogP contribution in [0.3, 0.4) is 0 Å². The van der Waals surface area contributed by atoms with Gasteiger partial charge in [-0.3, -0.25) is 0 Å². The zero-order valence-electron chi connectivity index (χ0n) is 21.2. The Labute approximate surface area is 217 Å². The predicted octanol–water partition coefficient (Wildman–Crippen LogP) is 6.64. The molecule has 3 aromatic carbocycles. The van der Waals surface area contributed by atoms with Crippen molar-refractivity contribution in [2.24, 2.45) is 0 Å². The Bertz CT molecular complexity index is 1430. The van der Waals surface area contributed by atoms with Crippen molar-refractivity contribution in [1.29, 1.82) is 0 Å². The molecule has 0 saturated heterocycles. The lowest BCUT2D eigenvalue weighted by molar-refractivity contribution is -0.152. The molecule has 0 spiro atoms. The summed E-state index contributed by atoms with van der Waals surface area (Å²) in [7, 11) is 0. The summed E-state index contributed by atoms with van der Waals surface area (Å²) >= 11 is 0. The molecule has 1 unspecified atom stereocenters. The Hall–Kier alpha value is -4.34. The summed E-state index contributed by atoms with van der Waals surface area (Å²) in [6.45, 7) is 6.49. The molecule has 0 amide bonds.